The number of benzene rings is 1. The SMILES string of the molecule is COc1cccc(CNc2cc(-c3ccccn3)nc(N[C@@H](CO)C(C)C)n2)c1. The number of ether oxygens (including phenoxy) is 1. The monoisotopic (exact) mass is 393 g/mol. The number of pyridine rings is 1. The Morgan fingerprint density at radius 2 is 1.90 bits per heavy atom. The van der Waals surface area contributed by atoms with Gasteiger partial charge in [0.2, 0.25) is 5.95 Å². The first-order chi connectivity index (χ1) is 14.1. The second-order valence-electron chi connectivity index (χ2n) is 7.06. The Kier molecular flexibility index (Phi) is 6.97. The third kappa shape index (κ3) is 5.65. The third-order valence-electron chi connectivity index (χ3n) is 4.58. The molecule has 0 bridgehead atoms. The fourth-order valence-corrected chi connectivity index (χ4v) is 2.81. The lowest BCUT2D eigenvalue weighted by Gasteiger charge is -2.20. The molecule has 0 fully saturated rings. The largest absolute Gasteiger partial charge is 0.497 e. The van der Waals surface area contributed by atoms with E-state index in [4.69, 9.17) is 4.74 Å². The van der Waals surface area contributed by atoms with Gasteiger partial charge < -0.3 is 20.5 Å². The van der Waals surface area contributed by atoms with Crippen LogP contribution in [-0.2, 0) is 6.54 Å². The van der Waals surface area contributed by atoms with Crippen LogP contribution in [0, 0.1) is 5.92 Å². The molecular weight excluding hydrogens is 366 g/mol. The van der Waals surface area contributed by atoms with Gasteiger partial charge in [0.15, 0.2) is 0 Å². The molecule has 152 valence electrons. The zero-order valence-electron chi connectivity index (χ0n) is 17.0. The highest BCUT2D eigenvalue weighted by atomic mass is 16.5. The van der Waals surface area contributed by atoms with Gasteiger partial charge in [0.05, 0.1) is 31.1 Å². The smallest absolute Gasteiger partial charge is 0.225 e. The molecule has 3 rings (SSSR count). The summed E-state index contributed by atoms with van der Waals surface area (Å²) in [5, 5.41) is 16.2. The Bertz CT molecular complexity index is 918. The molecule has 3 N–H and O–H groups in total. The zero-order valence-corrected chi connectivity index (χ0v) is 17.0. The predicted octanol–water partition coefficient (Wildman–Crippen LogP) is 3.59. The van der Waals surface area contributed by atoms with E-state index in [1.54, 1.807) is 13.3 Å². The van der Waals surface area contributed by atoms with Crippen LogP contribution in [0.3, 0.4) is 0 Å². The number of rotatable bonds is 9. The van der Waals surface area contributed by atoms with Crippen LogP contribution in [0.5, 0.6) is 5.75 Å². The summed E-state index contributed by atoms with van der Waals surface area (Å²) in [5.74, 6) is 2.17. The molecule has 7 heteroatoms. The van der Waals surface area contributed by atoms with Crippen molar-refractivity contribution in [1.82, 2.24) is 15.0 Å². The van der Waals surface area contributed by atoms with Crippen molar-refractivity contribution in [3.8, 4) is 17.1 Å². The minimum atomic E-state index is -0.139. The van der Waals surface area contributed by atoms with Crippen LogP contribution in [0.25, 0.3) is 11.4 Å². The van der Waals surface area contributed by atoms with Crippen molar-refractivity contribution in [2.75, 3.05) is 24.4 Å². The summed E-state index contributed by atoms with van der Waals surface area (Å²) < 4.78 is 5.29. The van der Waals surface area contributed by atoms with Crippen molar-refractivity contribution in [2.45, 2.75) is 26.4 Å². The lowest BCUT2D eigenvalue weighted by atomic mass is 10.1. The van der Waals surface area contributed by atoms with E-state index in [1.807, 2.05) is 62.4 Å². The van der Waals surface area contributed by atoms with Crippen LogP contribution in [-0.4, -0.2) is 39.8 Å². The number of aromatic nitrogens is 3. The van der Waals surface area contributed by atoms with Gasteiger partial charge in [0.25, 0.3) is 0 Å². The molecule has 3 aromatic rings. The van der Waals surface area contributed by atoms with Crippen molar-refractivity contribution in [3.05, 3.63) is 60.3 Å². The molecule has 2 heterocycles. The maximum Gasteiger partial charge on any atom is 0.225 e. The van der Waals surface area contributed by atoms with Gasteiger partial charge in [-0.05, 0) is 35.7 Å². The molecule has 0 aliphatic heterocycles. The highest BCUT2D eigenvalue weighted by Gasteiger charge is 2.15. The fraction of sp³-hybridized carbons (Fsp3) is 0.318. The Hall–Kier alpha value is -3.19. The number of anilines is 2. The van der Waals surface area contributed by atoms with Crippen molar-refractivity contribution >= 4 is 11.8 Å². The maximum atomic E-state index is 9.66. The topological polar surface area (TPSA) is 92.2 Å². The van der Waals surface area contributed by atoms with Crippen molar-refractivity contribution < 1.29 is 9.84 Å². The molecule has 0 radical (unpaired) electrons. The molecule has 7 nitrogen and oxygen atoms in total. The van der Waals surface area contributed by atoms with Crippen LogP contribution in [0.2, 0.25) is 0 Å². The first-order valence-corrected chi connectivity index (χ1v) is 9.63. The summed E-state index contributed by atoms with van der Waals surface area (Å²) in [5.41, 5.74) is 2.54. The molecule has 0 unspecified atom stereocenters. The molecule has 2 aromatic heterocycles. The van der Waals surface area contributed by atoms with E-state index in [2.05, 4.69) is 25.6 Å². The number of methoxy groups -OCH3 is 1. The molecular formula is C22H27N5O2. The van der Waals surface area contributed by atoms with Gasteiger partial charge in [-0.25, -0.2) is 4.98 Å². The summed E-state index contributed by atoms with van der Waals surface area (Å²) >= 11 is 0. The van der Waals surface area contributed by atoms with E-state index < -0.39 is 0 Å². The van der Waals surface area contributed by atoms with Gasteiger partial charge in [-0.3, -0.25) is 4.98 Å². The first-order valence-electron chi connectivity index (χ1n) is 9.63. The van der Waals surface area contributed by atoms with E-state index in [-0.39, 0.29) is 18.6 Å². The van der Waals surface area contributed by atoms with Gasteiger partial charge >= 0.3 is 0 Å². The molecule has 0 spiro atoms. The summed E-state index contributed by atoms with van der Waals surface area (Å²) in [4.78, 5) is 13.6. The highest BCUT2D eigenvalue weighted by Crippen LogP contribution is 2.21. The van der Waals surface area contributed by atoms with Gasteiger partial charge in [-0.15, -0.1) is 0 Å². The Morgan fingerprint density at radius 1 is 1.03 bits per heavy atom. The van der Waals surface area contributed by atoms with Gasteiger partial charge in [0, 0.05) is 18.8 Å². The molecule has 0 saturated heterocycles. The van der Waals surface area contributed by atoms with Crippen LogP contribution >= 0.6 is 0 Å². The standard InChI is InChI=1S/C22H27N5O2/c1-15(2)20(14-28)26-22-25-19(18-9-4-5-10-23-18)12-21(27-22)24-13-16-7-6-8-17(11-16)29-3/h4-12,15,20,28H,13-14H2,1-3H3,(H2,24,25,26,27)/t20-/m0/s1. The van der Waals surface area contributed by atoms with E-state index in [1.165, 1.54) is 0 Å². The average Bonchev–Trinajstić information content (AvgIpc) is 2.76. The Labute approximate surface area is 171 Å². The molecule has 0 aliphatic carbocycles. The third-order valence-corrected chi connectivity index (χ3v) is 4.58. The number of nitrogens with one attached hydrogen (secondary N) is 2. The van der Waals surface area contributed by atoms with Crippen molar-refractivity contribution in [3.63, 3.8) is 0 Å². The second-order valence-corrected chi connectivity index (χ2v) is 7.06. The summed E-state index contributed by atoms with van der Waals surface area (Å²) in [6.45, 7) is 4.67. The summed E-state index contributed by atoms with van der Waals surface area (Å²) in [6.07, 6.45) is 1.73. The lowest BCUT2D eigenvalue weighted by molar-refractivity contribution is 0.248. The van der Waals surface area contributed by atoms with Crippen LogP contribution in [0.4, 0.5) is 11.8 Å². The number of nitrogens with zero attached hydrogens (tertiary/aromatic N) is 3. The van der Waals surface area contributed by atoms with Gasteiger partial charge in [-0.1, -0.05) is 32.0 Å². The number of aliphatic hydroxyl groups excluding tert-OH is 1. The number of hydrogen-bond donors (Lipinski definition) is 3. The lowest BCUT2D eigenvalue weighted by Crippen LogP contribution is -2.30. The average molecular weight is 393 g/mol. The van der Waals surface area contributed by atoms with Crippen molar-refractivity contribution in [1.29, 1.82) is 0 Å². The second kappa shape index (κ2) is 9.84. The van der Waals surface area contributed by atoms with E-state index in [0.717, 1.165) is 17.0 Å². The molecule has 29 heavy (non-hydrogen) atoms. The van der Waals surface area contributed by atoms with E-state index in [0.29, 0.717) is 24.0 Å². The summed E-state index contributed by atoms with van der Waals surface area (Å²) in [6, 6.07) is 15.3. The molecule has 0 amide bonds. The Morgan fingerprint density at radius 3 is 2.59 bits per heavy atom. The molecule has 0 aliphatic rings. The van der Waals surface area contributed by atoms with E-state index in [9.17, 15) is 5.11 Å². The van der Waals surface area contributed by atoms with Gasteiger partial charge in [0.1, 0.15) is 11.6 Å². The molecule has 0 saturated carbocycles. The van der Waals surface area contributed by atoms with Crippen LogP contribution in [0.1, 0.15) is 19.4 Å². The number of hydrogen-bond acceptors (Lipinski definition) is 7. The van der Waals surface area contributed by atoms with Gasteiger partial charge in [-0.2, -0.15) is 4.98 Å². The quantitative estimate of drug-likeness (QED) is 0.512. The normalized spacial score (nSPS) is 11.9. The van der Waals surface area contributed by atoms with Crippen LogP contribution < -0.4 is 15.4 Å². The predicted molar refractivity (Wildman–Crippen MR) is 115 cm³/mol. The highest BCUT2D eigenvalue weighted by molar-refractivity contribution is 5.61. The fourth-order valence-electron chi connectivity index (χ4n) is 2.81. The minimum absolute atomic E-state index is 0.00140. The molecule has 1 aromatic carbocycles. The number of aliphatic hydroxyl groups is 1. The van der Waals surface area contributed by atoms with E-state index >= 15 is 0 Å². The zero-order chi connectivity index (χ0) is 20.6. The Balaban J connectivity index is 1.87. The summed E-state index contributed by atoms with van der Waals surface area (Å²) in [7, 11) is 1.65. The first kappa shape index (κ1) is 20.5. The maximum absolute atomic E-state index is 9.66. The van der Waals surface area contributed by atoms with Crippen molar-refractivity contribution in [2.24, 2.45) is 5.92 Å². The minimum Gasteiger partial charge on any atom is -0.497 e. The molecule has 1 atom stereocenters. The van der Waals surface area contributed by atoms with Crippen LogP contribution in [0.15, 0.2) is 54.7 Å².